The van der Waals surface area contributed by atoms with E-state index in [1.165, 1.54) is 25.7 Å². The minimum absolute atomic E-state index is 0.365. The van der Waals surface area contributed by atoms with E-state index in [0.717, 1.165) is 31.9 Å². The maximum atomic E-state index is 12.1. The van der Waals surface area contributed by atoms with Crippen molar-refractivity contribution in [2.45, 2.75) is 58.2 Å². The number of nitrogens with zero attached hydrogens (tertiary/aromatic N) is 3. The molecule has 1 aliphatic heterocycles. The summed E-state index contributed by atoms with van der Waals surface area (Å²) in [5, 5.41) is 7.92. The van der Waals surface area contributed by atoms with Gasteiger partial charge in [0.25, 0.3) is 0 Å². The number of likely N-dealkylation sites (tertiary alicyclic amines) is 1. The van der Waals surface area contributed by atoms with E-state index in [9.17, 15) is 4.79 Å². The van der Waals surface area contributed by atoms with Crippen LogP contribution in [0.3, 0.4) is 0 Å². The zero-order valence-corrected chi connectivity index (χ0v) is 12.9. The van der Waals surface area contributed by atoms with Gasteiger partial charge in [-0.1, -0.05) is 12.8 Å². The van der Waals surface area contributed by atoms with E-state index in [-0.39, 0.29) is 0 Å². The van der Waals surface area contributed by atoms with E-state index < -0.39 is 0 Å². The summed E-state index contributed by atoms with van der Waals surface area (Å²) >= 11 is 0. The molecule has 1 amide bonds. The van der Waals surface area contributed by atoms with Crippen molar-refractivity contribution in [3.05, 3.63) is 18.0 Å². The fourth-order valence-electron chi connectivity index (χ4n) is 3.59. The summed E-state index contributed by atoms with van der Waals surface area (Å²) in [4.78, 5) is 14.3. The molecule has 0 radical (unpaired) electrons. The Morgan fingerprint density at radius 2 is 2.19 bits per heavy atom. The molecule has 2 heterocycles. The first kappa shape index (κ1) is 14.6. The Labute approximate surface area is 126 Å². The van der Waals surface area contributed by atoms with E-state index in [1.807, 2.05) is 10.9 Å². The molecule has 5 nitrogen and oxygen atoms in total. The van der Waals surface area contributed by atoms with Crippen molar-refractivity contribution >= 4 is 5.91 Å². The van der Waals surface area contributed by atoms with Crippen LogP contribution >= 0.6 is 0 Å². The van der Waals surface area contributed by atoms with Gasteiger partial charge in [-0.15, -0.1) is 0 Å². The zero-order valence-electron chi connectivity index (χ0n) is 12.9. The summed E-state index contributed by atoms with van der Waals surface area (Å²) < 4.78 is 1.94. The van der Waals surface area contributed by atoms with Crippen LogP contribution in [0.1, 0.15) is 44.7 Å². The molecule has 1 aliphatic carbocycles. The molecule has 5 heteroatoms. The topological polar surface area (TPSA) is 50.2 Å². The third-order valence-corrected chi connectivity index (χ3v) is 4.76. The van der Waals surface area contributed by atoms with Crippen LogP contribution in [0.5, 0.6) is 0 Å². The van der Waals surface area contributed by atoms with Gasteiger partial charge in [0.1, 0.15) is 0 Å². The summed E-state index contributed by atoms with van der Waals surface area (Å²) in [6, 6.07) is 2.59. The molecule has 1 atom stereocenters. The van der Waals surface area contributed by atoms with E-state index in [4.69, 9.17) is 0 Å². The standard InChI is InChI=1S/C16H26N4O/c1-2-19-8-7-14(18-19)11-17-10-13-9-16(21)20(12-13)15-5-3-4-6-15/h7-8,13,15,17H,2-6,9-12H2,1H3. The first-order chi connectivity index (χ1) is 10.3. The van der Waals surface area contributed by atoms with Crippen molar-refractivity contribution in [1.82, 2.24) is 20.0 Å². The normalized spacial score (nSPS) is 23.4. The number of aromatic nitrogens is 2. The van der Waals surface area contributed by atoms with Crippen molar-refractivity contribution in [2.75, 3.05) is 13.1 Å². The van der Waals surface area contributed by atoms with Crippen LogP contribution in [0, 0.1) is 5.92 Å². The molecule has 0 spiro atoms. The van der Waals surface area contributed by atoms with Crippen LogP contribution in [0.4, 0.5) is 0 Å². The number of hydrogen-bond acceptors (Lipinski definition) is 3. The van der Waals surface area contributed by atoms with E-state index in [1.54, 1.807) is 0 Å². The summed E-state index contributed by atoms with van der Waals surface area (Å²) in [5.74, 6) is 0.829. The number of nitrogens with one attached hydrogen (secondary N) is 1. The van der Waals surface area contributed by atoms with Gasteiger partial charge in [0.05, 0.1) is 5.69 Å². The summed E-state index contributed by atoms with van der Waals surface area (Å²) in [6.07, 6.45) is 7.72. The Morgan fingerprint density at radius 1 is 1.38 bits per heavy atom. The molecule has 1 unspecified atom stereocenters. The molecule has 2 fully saturated rings. The highest BCUT2D eigenvalue weighted by molar-refractivity contribution is 5.79. The van der Waals surface area contributed by atoms with Crippen LogP contribution in [-0.2, 0) is 17.9 Å². The number of carbonyl (C=O) groups excluding carboxylic acids is 1. The van der Waals surface area contributed by atoms with Gasteiger partial charge >= 0.3 is 0 Å². The average molecular weight is 290 g/mol. The lowest BCUT2D eigenvalue weighted by Gasteiger charge is -2.24. The van der Waals surface area contributed by atoms with Gasteiger partial charge in [-0.3, -0.25) is 9.48 Å². The molecule has 0 bridgehead atoms. The third-order valence-electron chi connectivity index (χ3n) is 4.76. The minimum Gasteiger partial charge on any atom is -0.339 e. The Morgan fingerprint density at radius 3 is 2.90 bits per heavy atom. The highest BCUT2D eigenvalue weighted by atomic mass is 16.2. The SMILES string of the molecule is CCn1ccc(CNCC2CC(=O)N(C3CCCC3)C2)n1. The van der Waals surface area contributed by atoms with Gasteiger partial charge in [0, 0.05) is 44.8 Å². The Hall–Kier alpha value is -1.36. The van der Waals surface area contributed by atoms with Gasteiger partial charge in [0.2, 0.25) is 5.91 Å². The number of aryl methyl sites for hydroxylation is 1. The van der Waals surface area contributed by atoms with Gasteiger partial charge in [-0.05, 0) is 31.7 Å². The number of amides is 1. The van der Waals surface area contributed by atoms with Crippen molar-refractivity contribution in [1.29, 1.82) is 0 Å². The maximum Gasteiger partial charge on any atom is 0.223 e. The molecule has 0 aromatic carbocycles. The number of carbonyl (C=O) groups is 1. The van der Waals surface area contributed by atoms with Crippen molar-refractivity contribution in [3.63, 3.8) is 0 Å². The molecule has 1 saturated heterocycles. The first-order valence-electron chi connectivity index (χ1n) is 8.28. The quantitative estimate of drug-likeness (QED) is 0.869. The van der Waals surface area contributed by atoms with E-state index >= 15 is 0 Å². The number of rotatable bonds is 6. The molecule has 1 saturated carbocycles. The zero-order chi connectivity index (χ0) is 14.7. The molecule has 3 rings (SSSR count). The molecule has 2 aliphatic rings. The second-order valence-electron chi connectivity index (χ2n) is 6.35. The van der Waals surface area contributed by atoms with Gasteiger partial charge in [-0.2, -0.15) is 5.10 Å². The summed E-state index contributed by atoms with van der Waals surface area (Å²) in [6.45, 7) is 5.65. The molecule has 1 aromatic heterocycles. The molecule has 116 valence electrons. The van der Waals surface area contributed by atoms with Crippen molar-refractivity contribution < 1.29 is 4.79 Å². The summed E-state index contributed by atoms with van der Waals surface area (Å²) in [5.41, 5.74) is 1.08. The van der Waals surface area contributed by atoms with Crippen LogP contribution in [0.2, 0.25) is 0 Å². The smallest absolute Gasteiger partial charge is 0.223 e. The fourth-order valence-corrected chi connectivity index (χ4v) is 3.59. The number of hydrogen-bond donors (Lipinski definition) is 1. The molecular formula is C16H26N4O. The Kier molecular flexibility index (Phi) is 4.58. The predicted octanol–water partition coefficient (Wildman–Crippen LogP) is 1.78. The molecule has 21 heavy (non-hydrogen) atoms. The lowest BCUT2D eigenvalue weighted by Crippen LogP contribution is -2.35. The highest BCUT2D eigenvalue weighted by Gasteiger charge is 2.34. The maximum absolute atomic E-state index is 12.1. The lowest BCUT2D eigenvalue weighted by atomic mass is 10.1. The molecular weight excluding hydrogens is 264 g/mol. The average Bonchev–Trinajstić information content (AvgIpc) is 3.19. The van der Waals surface area contributed by atoms with Crippen molar-refractivity contribution in [3.8, 4) is 0 Å². The second-order valence-corrected chi connectivity index (χ2v) is 6.35. The molecule has 1 aromatic rings. The molecule has 1 N–H and O–H groups in total. The Balaban J connectivity index is 1.42. The van der Waals surface area contributed by atoms with Crippen LogP contribution in [0.25, 0.3) is 0 Å². The Bertz CT molecular complexity index is 478. The van der Waals surface area contributed by atoms with E-state index in [2.05, 4.69) is 28.3 Å². The lowest BCUT2D eigenvalue weighted by molar-refractivity contribution is -0.129. The first-order valence-corrected chi connectivity index (χ1v) is 8.28. The monoisotopic (exact) mass is 290 g/mol. The second kappa shape index (κ2) is 6.60. The van der Waals surface area contributed by atoms with Gasteiger partial charge < -0.3 is 10.2 Å². The summed E-state index contributed by atoms with van der Waals surface area (Å²) in [7, 11) is 0. The van der Waals surface area contributed by atoms with Crippen LogP contribution < -0.4 is 5.32 Å². The minimum atomic E-state index is 0.365. The highest BCUT2D eigenvalue weighted by Crippen LogP contribution is 2.29. The fraction of sp³-hybridized carbons (Fsp3) is 0.750. The largest absolute Gasteiger partial charge is 0.339 e. The van der Waals surface area contributed by atoms with Crippen LogP contribution in [-0.4, -0.2) is 39.7 Å². The van der Waals surface area contributed by atoms with Crippen LogP contribution in [0.15, 0.2) is 12.3 Å². The third kappa shape index (κ3) is 3.46. The van der Waals surface area contributed by atoms with E-state index in [0.29, 0.717) is 24.3 Å². The van der Waals surface area contributed by atoms with Gasteiger partial charge in [-0.25, -0.2) is 0 Å². The predicted molar refractivity (Wildman–Crippen MR) is 81.7 cm³/mol. The van der Waals surface area contributed by atoms with Gasteiger partial charge in [0.15, 0.2) is 0 Å². The van der Waals surface area contributed by atoms with Crippen molar-refractivity contribution in [2.24, 2.45) is 5.92 Å².